The van der Waals surface area contributed by atoms with Crippen molar-refractivity contribution in [2.75, 3.05) is 99.1 Å². The number of carbonyl (C=O) groups is 6. The van der Waals surface area contributed by atoms with Crippen LogP contribution in [0, 0.1) is 17.7 Å². The molecule has 0 bridgehead atoms. The van der Waals surface area contributed by atoms with Gasteiger partial charge in [0.1, 0.15) is 17.6 Å². The van der Waals surface area contributed by atoms with Crippen LogP contribution in [0.25, 0.3) is 11.4 Å². The highest BCUT2D eigenvalue weighted by Gasteiger charge is 2.45. The molecule has 8 heterocycles. The zero-order chi connectivity index (χ0) is 46.9. The minimum Gasteiger partial charge on any atom is -0.378 e. The largest absolute Gasteiger partial charge is 0.378 e. The summed E-state index contributed by atoms with van der Waals surface area (Å²) in [6, 6.07) is 1.36. The Kier molecular flexibility index (Phi) is 13.2. The van der Waals surface area contributed by atoms with Crippen LogP contribution in [0.1, 0.15) is 90.6 Å². The molecule has 1 unspecified atom stereocenters. The van der Waals surface area contributed by atoms with Gasteiger partial charge in [-0.2, -0.15) is 15.0 Å². The molecule has 356 valence electrons. The number of imide groups is 2. The highest BCUT2D eigenvalue weighted by molar-refractivity contribution is 6.23. The van der Waals surface area contributed by atoms with E-state index in [1.807, 2.05) is 19.6 Å². The number of hydrogen-bond donors (Lipinski definition) is 2. The second-order valence-electron chi connectivity index (χ2n) is 17.8. The number of hydrogen-bond acceptors (Lipinski definition) is 16. The van der Waals surface area contributed by atoms with E-state index in [4.69, 9.17) is 10.5 Å². The van der Waals surface area contributed by atoms with Crippen LogP contribution in [0.3, 0.4) is 0 Å². The zero-order valence-electron chi connectivity index (χ0n) is 36.9. The summed E-state index contributed by atoms with van der Waals surface area (Å²) in [5.41, 5.74) is 5.17. The summed E-state index contributed by atoms with van der Waals surface area (Å²) in [5.74, 6) is -2.32. The van der Waals surface area contributed by atoms with Crippen molar-refractivity contribution in [2.45, 2.75) is 70.3 Å². The van der Waals surface area contributed by atoms with Gasteiger partial charge in [0.2, 0.25) is 41.5 Å². The van der Waals surface area contributed by atoms with Gasteiger partial charge in [-0.25, -0.2) is 23.1 Å². The molecule has 0 radical (unpaired) electrons. The molecular weight excluding hydrogens is 880 g/mol. The third-order valence-corrected chi connectivity index (χ3v) is 13.8. The molecule has 20 nitrogen and oxygen atoms in total. The minimum atomic E-state index is -2.95. The Morgan fingerprint density at radius 3 is 1.91 bits per heavy atom. The van der Waals surface area contributed by atoms with Gasteiger partial charge in [-0.05, 0) is 62.5 Å². The predicted octanol–water partition coefficient (Wildman–Crippen LogP) is 2.20. The highest BCUT2D eigenvalue weighted by Crippen LogP contribution is 2.37. The quantitative estimate of drug-likeness (QED) is 0.263. The molecule has 6 amide bonds. The van der Waals surface area contributed by atoms with Crippen molar-refractivity contribution >= 4 is 59.0 Å². The van der Waals surface area contributed by atoms with Crippen molar-refractivity contribution in [2.24, 2.45) is 11.8 Å². The van der Waals surface area contributed by atoms with Crippen LogP contribution in [0.4, 0.5) is 36.7 Å². The predicted molar refractivity (Wildman–Crippen MR) is 233 cm³/mol. The van der Waals surface area contributed by atoms with E-state index >= 15 is 4.39 Å². The molecule has 9 rings (SSSR count). The van der Waals surface area contributed by atoms with E-state index in [-0.39, 0.29) is 77.6 Å². The number of carbonyl (C=O) groups excluding carboxylic acids is 6. The average Bonchev–Trinajstić information content (AvgIpc) is 3.57. The van der Waals surface area contributed by atoms with Crippen LogP contribution >= 0.6 is 0 Å². The van der Waals surface area contributed by atoms with Gasteiger partial charge in [-0.3, -0.25) is 39.0 Å². The van der Waals surface area contributed by atoms with Gasteiger partial charge < -0.3 is 35.0 Å². The number of nitrogens with one attached hydrogen (secondary N) is 1. The summed E-state index contributed by atoms with van der Waals surface area (Å²) < 4.78 is 49.0. The number of morpholine rings is 1. The van der Waals surface area contributed by atoms with E-state index in [0.717, 1.165) is 43.1 Å². The molecule has 23 heteroatoms. The maximum atomic E-state index is 15.5. The number of amides is 6. The smallest absolute Gasteiger partial charge is 0.281 e. The lowest BCUT2D eigenvalue weighted by Crippen LogP contribution is -2.54. The first kappa shape index (κ1) is 45.6. The Labute approximate surface area is 383 Å². The molecule has 1 atom stereocenters. The number of halogens is 3. The SMILES string of the molecule is Nc1ncc(-c2nc(N3CCOCC3)nc(N3CCN(C(=O)CCC(=O)N4CCC(CC5CCN(c6cc7c(cc6F)C(=O)N(C6CCC(=O)NC6=O)C7=O)CC5)CC4)CC3)n2)c(C(F)F)n1. The van der Waals surface area contributed by atoms with E-state index in [1.54, 1.807) is 4.90 Å². The number of fused-ring (bicyclic) bond motifs is 1. The standard InChI is InChI=1S/C44H52F3N13O7/c45-30-22-27-28(41(66)60(40(27)65)31-1-2-33(61)50-39(31)64)23-32(30)55-9-5-25(6-10-55)21-26-7-11-56(12-8-26)34(62)3-4-35(63)57-13-15-58(16-14-57)43-52-38(29-24-49-42(48)51-36(29)37(46)47)53-44(54-43)59-17-19-67-20-18-59/h22-26,31,37H,1-21H2,(H2,48,49,51)(H,50,61,64). The summed E-state index contributed by atoms with van der Waals surface area (Å²) >= 11 is 0. The lowest BCUT2D eigenvalue weighted by molar-refractivity contribution is -0.138. The number of piperazine rings is 1. The number of benzene rings is 1. The molecule has 3 N–H and O–H groups in total. The van der Waals surface area contributed by atoms with Crippen LogP contribution in [-0.2, 0) is 23.9 Å². The molecule has 0 saturated carbocycles. The molecule has 0 aliphatic carbocycles. The van der Waals surface area contributed by atoms with Gasteiger partial charge in [0, 0.05) is 90.9 Å². The summed E-state index contributed by atoms with van der Waals surface area (Å²) in [4.78, 5) is 109. The van der Waals surface area contributed by atoms with Gasteiger partial charge in [-0.1, -0.05) is 0 Å². The second kappa shape index (κ2) is 19.4. The first-order valence-corrected chi connectivity index (χ1v) is 22.9. The van der Waals surface area contributed by atoms with Crippen LogP contribution < -0.4 is 25.8 Å². The van der Waals surface area contributed by atoms with Gasteiger partial charge in [0.05, 0.1) is 35.6 Å². The summed E-state index contributed by atoms with van der Waals surface area (Å²) in [7, 11) is 0. The monoisotopic (exact) mass is 931 g/mol. The number of nitrogens with zero attached hydrogens (tertiary/aromatic N) is 11. The molecule has 6 aliphatic rings. The average molecular weight is 932 g/mol. The number of ether oxygens (including phenoxy) is 1. The normalized spacial score (nSPS) is 21.1. The van der Waals surface area contributed by atoms with Crippen LogP contribution in [-0.4, -0.2) is 160 Å². The third-order valence-electron chi connectivity index (χ3n) is 13.8. The molecular formula is C44H52F3N13O7. The summed E-state index contributed by atoms with van der Waals surface area (Å²) in [6.07, 6.45) is 2.74. The lowest BCUT2D eigenvalue weighted by atomic mass is 9.82. The van der Waals surface area contributed by atoms with Gasteiger partial charge in [0.15, 0.2) is 5.82 Å². The number of piperidine rings is 3. The molecule has 0 spiro atoms. The number of likely N-dealkylation sites (tertiary alicyclic amines) is 1. The highest BCUT2D eigenvalue weighted by atomic mass is 19.3. The van der Waals surface area contributed by atoms with E-state index < -0.39 is 47.6 Å². The second-order valence-corrected chi connectivity index (χ2v) is 17.8. The molecule has 1 aromatic carbocycles. The molecule has 3 aromatic rings. The molecule has 67 heavy (non-hydrogen) atoms. The number of rotatable bonds is 11. The maximum absolute atomic E-state index is 15.5. The number of nitrogen functional groups attached to an aromatic ring is 1. The van der Waals surface area contributed by atoms with Crippen molar-refractivity contribution < 1.29 is 46.7 Å². The van der Waals surface area contributed by atoms with Gasteiger partial charge in [0.25, 0.3) is 18.2 Å². The third kappa shape index (κ3) is 9.68. The van der Waals surface area contributed by atoms with Crippen molar-refractivity contribution in [1.29, 1.82) is 0 Å². The lowest BCUT2D eigenvalue weighted by Gasteiger charge is -2.38. The van der Waals surface area contributed by atoms with E-state index in [2.05, 4.69) is 30.2 Å². The van der Waals surface area contributed by atoms with E-state index in [9.17, 15) is 37.5 Å². The van der Waals surface area contributed by atoms with Crippen LogP contribution in [0.2, 0.25) is 0 Å². The number of aromatic nitrogens is 5. The van der Waals surface area contributed by atoms with E-state index in [1.165, 1.54) is 12.3 Å². The number of anilines is 4. The topological polar surface area (TPSA) is 234 Å². The molecule has 5 saturated heterocycles. The Hall–Kier alpha value is -6.52. The van der Waals surface area contributed by atoms with Crippen LogP contribution in [0.5, 0.6) is 0 Å². The van der Waals surface area contributed by atoms with Gasteiger partial charge >= 0.3 is 0 Å². The summed E-state index contributed by atoms with van der Waals surface area (Å²) in [5, 5.41) is 2.17. The number of alkyl halides is 2. The van der Waals surface area contributed by atoms with Crippen molar-refractivity contribution in [3.8, 4) is 11.4 Å². The van der Waals surface area contributed by atoms with E-state index in [0.29, 0.717) is 96.4 Å². The first-order valence-electron chi connectivity index (χ1n) is 22.9. The molecule has 2 aromatic heterocycles. The fourth-order valence-corrected chi connectivity index (χ4v) is 9.97. The molecule has 5 fully saturated rings. The Morgan fingerprint density at radius 2 is 1.30 bits per heavy atom. The maximum Gasteiger partial charge on any atom is 0.281 e. The Morgan fingerprint density at radius 1 is 0.716 bits per heavy atom. The first-order chi connectivity index (χ1) is 32.3. The fourth-order valence-electron chi connectivity index (χ4n) is 9.97. The minimum absolute atomic E-state index is 0.00443. The Bertz CT molecular complexity index is 2440. The van der Waals surface area contributed by atoms with Crippen molar-refractivity contribution in [3.63, 3.8) is 0 Å². The van der Waals surface area contributed by atoms with Crippen LogP contribution in [0.15, 0.2) is 18.3 Å². The van der Waals surface area contributed by atoms with Gasteiger partial charge in [-0.15, -0.1) is 0 Å². The molecule has 6 aliphatic heterocycles. The van der Waals surface area contributed by atoms with Crippen molar-refractivity contribution in [1.82, 2.24) is 44.9 Å². The Balaban J connectivity index is 0.720. The number of nitrogens with two attached hydrogens (primary N) is 1. The summed E-state index contributed by atoms with van der Waals surface area (Å²) in [6.45, 7) is 5.72. The fraction of sp³-hybridized carbons (Fsp3) is 0.568. The van der Waals surface area contributed by atoms with Crippen molar-refractivity contribution in [3.05, 3.63) is 41.0 Å². The zero-order valence-corrected chi connectivity index (χ0v) is 36.9.